The van der Waals surface area contributed by atoms with Gasteiger partial charge in [-0.2, -0.15) is 4.73 Å². The molecule has 0 spiro atoms. The predicted molar refractivity (Wildman–Crippen MR) is 124 cm³/mol. The molecule has 1 aromatic heterocycles. The van der Waals surface area contributed by atoms with Crippen LogP contribution in [0.5, 0.6) is 0 Å². The number of aromatic nitrogens is 2. The van der Waals surface area contributed by atoms with Crippen LogP contribution in [0.3, 0.4) is 0 Å². The number of carboxylic acids is 1. The third-order valence-corrected chi connectivity index (χ3v) is 5.06. The SMILES string of the molecule is O=C(O)Cc1cc([N+](=O)[O-])cc2c1nc(-c1ccc(NC(=O)/C=C/c3ccc(F)cc3)cc1)n2O. The lowest BCUT2D eigenvalue weighted by Gasteiger charge is -2.05. The van der Waals surface area contributed by atoms with Crippen LogP contribution in [0.25, 0.3) is 28.5 Å². The van der Waals surface area contributed by atoms with Crippen molar-refractivity contribution in [2.75, 3.05) is 5.32 Å². The van der Waals surface area contributed by atoms with Crippen LogP contribution >= 0.6 is 0 Å². The molecule has 4 aromatic rings. The van der Waals surface area contributed by atoms with Gasteiger partial charge in [-0.05, 0) is 53.6 Å². The number of anilines is 1. The smallest absolute Gasteiger partial charge is 0.307 e. The molecule has 176 valence electrons. The number of carbonyl (C=O) groups excluding carboxylic acids is 1. The summed E-state index contributed by atoms with van der Waals surface area (Å²) in [5.74, 6) is -1.95. The van der Waals surface area contributed by atoms with Gasteiger partial charge in [0, 0.05) is 29.5 Å². The monoisotopic (exact) mass is 476 g/mol. The van der Waals surface area contributed by atoms with Gasteiger partial charge in [-0.25, -0.2) is 9.37 Å². The van der Waals surface area contributed by atoms with Crippen molar-refractivity contribution in [3.05, 3.63) is 93.8 Å². The molecule has 3 N–H and O–H groups in total. The fraction of sp³-hybridized carbons (Fsp3) is 0.0417. The number of amides is 1. The van der Waals surface area contributed by atoms with Crippen LogP contribution in [0.1, 0.15) is 11.1 Å². The standard InChI is InChI=1S/C24H17FN4O6/c25-17-6-1-14(2-7-17)3-10-21(30)26-18-8-4-15(5-9-18)24-27-23-16(12-22(31)32)11-19(29(34)35)13-20(23)28(24)33/h1-11,13,33H,12H2,(H,26,30)(H,31,32)/b10-3+. The van der Waals surface area contributed by atoms with Gasteiger partial charge in [-0.3, -0.25) is 19.7 Å². The van der Waals surface area contributed by atoms with E-state index in [9.17, 15) is 29.3 Å². The summed E-state index contributed by atoms with van der Waals surface area (Å²) < 4.78 is 13.6. The van der Waals surface area contributed by atoms with E-state index >= 15 is 0 Å². The van der Waals surface area contributed by atoms with Crippen molar-refractivity contribution in [1.29, 1.82) is 0 Å². The summed E-state index contributed by atoms with van der Waals surface area (Å²) in [6.07, 6.45) is 2.32. The molecular formula is C24H17FN4O6. The Morgan fingerprint density at radius 3 is 2.43 bits per heavy atom. The molecule has 10 nitrogen and oxygen atoms in total. The van der Waals surface area contributed by atoms with Crippen LogP contribution in [0.4, 0.5) is 15.8 Å². The fourth-order valence-corrected chi connectivity index (χ4v) is 3.44. The number of halogens is 1. The zero-order valence-electron chi connectivity index (χ0n) is 17.9. The average molecular weight is 476 g/mol. The van der Waals surface area contributed by atoms with Crippen LogP contribution in [-0.2, 0) is 16.0 Å². The summed E-state index contributed by atoms with van der Waals surface area (Å²) in [5.41, 5.74) is 1.36. The highest BCUT2D eigenvalue weighted by Gasteiger charge is 2.21. The number of nitrogens with zero attached hydrogens (tertiary/aromatic N) is 3. The van der Waals surface area contributed by atoms with Gasteiger partial charge in [0.15, 0.2) is 5.82 Å². The van der Waals surface area contributed by atoms with Gasteiger partial charge in [-0.15, -0.1) is 0 Å². The minimum atomic E-state index is -1.20. The molecule has 1 heterocycles. The second kappa shape index (κ2) is 9.43. The second-order valence-electron chi connectivity index (χ2n) is 7.50. The highest BCUT2D eigenvalue weighted by molar-refractivity contribution is 6.02. The summed E-state index contributed by atoms with van der Waals surface area (Å²) >= 11 is 0. The van der Waals surface area contributed by atoms with E-state index in [0.717, 1.165) is 12.1 Å². The Morgan fingerprint density at radius 2 is 1.80 bits per heavy atom. The minimum Gasteiger partial charge on any atom is -0.481 e. The first-order valence-corrected chi connectivity index (χ1v) is 10.2. The number of nitrogens with one attached hydrogen (secondary N) is 1. The number of benzene rings is 3. The van der Waals surface area contributed by atoms with Gasteiger partial charge in [0.25, 0.3) is 5.69 Å². The van der Waals surface area contributed by atoms with Gasteiger partial charge >= 0.3 is 5.97 Å². The lowest BCUT2D eigenvalue weighted by atomic mass is 10.1. The number of hydrogen-bond donors (Lipinski definition) is 3. The molecule has 35 heavy (non-hydrogen) atoms. The van der Waals surface area contributed by atoms with Crippen LogP contribution in [0.15, 0.2) is 66.7 Å². The van der Waals surface area contributed by atoms with Crippen LogP contribution < -0.4 is 5.32 Å². The number of rotatable bonds is 7. The molecule has 0 atom stereocenters. The van der Waals surface area contributed by atoms with Crippen molar-refractivity contribution in [2.24, 2.45) is 0 Å². The molecule has 0 radical (unpaired) electrons. The molecule has 11 heteroatoms. The Kier molecular flexibility index (Phi) is 6.23. The number of carboxylic acid groups (broad SMARTS) is 1. The Balaban J connectivity index is 1.58. The van der Waals surface area contributed by atoms with Gasteiger partial charge in [-0.1, -0.05) is 12.1 Å². The number of carbonyl (C=O) groups is 2. The zero-order valence-corrected chi connectivity index (χ0v) is 17.9. The molecule has 0 unspecified atom stereocenters. The molecule has 1 amide bonds. The topological polar surface area (TPSA) is 148 Å². The van der Waals surface area contributed by atoms with Crippen LogP contribution in [0.2, 0.25) is 0 Å². The van der Waals surface area contributed by atoms with Gasteiger partial charge < -0.3 is 15.6 Å². The predicted octanol–water partition coefficient (Wildman–Crippen LogP) is 4.27. The molecule has 0 saturated heterocycles. The summed E-state index contributed by atoms with van der Waals surface area (Å²) in [6.45, 7) is 0. The maximum absolute atomic E-state index is 13.0. The highest BCUT2D eigenvalue weighted by atomic mass is 19.1. The third kappa shape index (κ3) is 5.14. The molecule has 4 rings (SSSR count). The highest BCUT2D eigenvalue weighted by Crippen LogP contribution is 2.30. The quantitative estimate of drug-likeness (QED) is 0.156. The summed E-state index contributed by atoms with van der Waals surface area (Å²) in [7, 11) is 0. The zero-order chi connectivity index (χ0) is 25.1. The maximum atomic E-state index is 13.0. The van der Waals surface area contributed by atoms with E-state index in [1.165, 1.54) is 36.4 Å². The molecule has 0 aliphatic carbocycles. The Hall–Kier alpha value is -5.06. The number of hydrogen-bond acceptors (Lipinski definition) is 6. The van der Waals surface area contributed by atoms with Crippen molar-refractivity contribution < 1.29 is 29.2 Å². The van der Waals surface area contributed by atoms with E-state index in [1.54, 1.807) is 24.3 Å². The van der Waals surface area contributed by atoms with Crippen molar-refractivity contribution in [2.45, 2.75) is 6.42 Å². The lowest BCUT2D eigenvalue weighted by molar-refractivity contribution is -0.384. The van der Waals surface area contributed by atoms with Crippen molar-refractivity contribution >= 4 is 40.4 Å². The minimum absolute atomic E-state index is 0.00578. The molecule has 3 aromatic carbocycles. The van der Waals surface area contributed by atoms with Crippen LogP contribution in [0, 0.1) is 15.9 Å². The maximum Gasteiger partial charge on any atom is 0.307 e. The van der Waals surface area contributed by atoms with Gasteiger partial charge in [0.05, 0.1) is 16.9 Å². The molecule has 0 saturated carbocycles. The number of non-ortho nitro benzene ring substituents is 1. The van der Waals surface area contributed by atoms with E-state index in [-0.39, 0.29) is 33.9 Å². The molecule has 0 fully saturated rings. The average Bonchev–Trinajstić information content (AvgIpc) is 3.15. The third-order valence-electron chi connectivity index (χ3n) is 5.06. The lowest BCUT2D eigenvalue weighted by Crippen LogP contribution is -2.07. The number of imidazole rings is 1. The second-order valence-corrected chi connectivity index (χ2v) is 7.50. The Bertz CT molecular complexity index is 1480. The Labute approximate surface area is 196 Å². The first-order valence-electron chi connectivity index (χ1n) is 10.2. The molecule has 0 bridgehead atoms. The first-order chi connectivity index (χ1) is 16.7. The van der Waals surface area contributed by atoms with Crippen molar-refractivity contribution in [1.82, 2.24) is 9.71 Å². The Morgan fingerprint density at radius 1 is 1.11 bits per heavy atom. The molecule has 0 aliphatic heterocycles. The summed E-state index contributed by atoms with van der Waals surface area (Å²) in [5, 5.41) is 33.6. The van der Waals surface area contributed by atoms with Gasteiger partial charge in [0.2, 0.25) is 5.91 Å². The fourth-order valence-electron chi connectivity index (χ4n) is 3.44. The number of aliphatic carboxylic acids is 1. The van der Waals surface area contributed by atoms with Crippen molar-refractivity contribution in [3.63, 3.8) is 0 Å². The summed E-state index contributed by atoms with van der Waals surface area (Å²) in [6, 6.07) is 14.1. The van der Waals surface area contributed by atoms with Crippen molar-refractivity contribution in [3.8, 4) is 11.4 Å². The van der Waals surface area contributed by atoms with Gasteiger partial charge in [0.1, 0.15) is 11.3 Å². The van der Waals surface area contributed by atoms with E-state index < -0.39 is 23.2 Å². The number of fused-ring (bicyclic) bond motifs is 1. The largest absolute Gasteiger partial charge is 0.481 e. The van der Waals surface area contributed by atoms with E-state index in [4.69, 9.17) is 5.11 Å². The molecule has 0 aliphatic rings. The van der Waals surface area contributed by atoms with E-state index in [2.05, 4.69) is 10.3 Å². The molecular weight excluding hydrogens is 459 g/mol. The number of nitro benzene ring substituents is 1. The first kappa shape index (κ1) is 23.1. The normalized spacial score (nSPS) is 11.1. The van der Waals surface area contributed by atoms with Crippen LogP contribution in [-0.4, -0.2) is 36.8 Å². The van der Waals surface area contributed by atoms with E-state index in [1.807, 2.05) is 0 Å². The summed E-state index contributed by atoms with van der Waals surface area (Å²) in [4.78, 5) is 38.2. The van der Waals surface area contributed by atoms with E-state index in [0.29, 0.717) is 21.5 Å². The number of nitro groups is 1.